The molecule has 0 radical (unpaired) electrons. The van der Waals surface area contributed by atoms with E-state index in [-0.39, 0.29) is 50.2 Å². The van der Waals surface area contributed by atoms with Crippen LogP contribution >= 0.6 is 139 Å². The van der Waals surface area contributed by atoms with Gasteiger partial charge in [0.05, 0.1) is 50.2 Å². The summed E-state index contributed by atoms with van der Waals surface area (Å²) >= 11 is 64.5. The van der Waals surface area contributed by atoms with E-state index in [4.69, 9.17) is 116 Å². The summed E-state index contributed by atoms with van der Waals surface area (Å²) in [4.78, 5) is 4.37. The molecule has 3 aromatic rings. The van der Waals surface area contributed by atoms with Crippen LogP contribution in [0.5, 0.6) is 0 Å². The van der Waals surface area contributed by atoms with E-state index >= 15 is 0 Å². The van der Waals surface area contributed by atoms with Crippen molar-refractivity contribution in [2.75, 3.05) is 0 Å². The van der Waals surface area contributed by atoms with Crippen LogP contribution in [0, 0.1) is 3.70 Å². The fourth-order valence-electron chi connectivity index (χ4n) is 2.46. The molecule has 0 spiro atoms. The minimum Gasteiger partial charge on any atom is -0.249 e. The molecule has 0 fully saturated rings. The van der Waals surface area contributed by atoms with Gasteiger partial charge < -0.3 is 0 Å². The summed E-state index contributed by atoms with van der Waals surface area (Å²) in [5.74, 6) is 0. The molecule has 2 aromatic carbocycles. The number of nitrogens with zero attached hydrogens (tertiary/aromatic N) is 1. The van der Waals surface area contributed by atoms with Crippen LogP contribution in [0.25, 0.3) is 22.3 Å². The summed E-state index contributed by atoms with van der Waals surface area (Å²) in [5, 5.41) is 0.813. The van der Waals surface area contributed by atoms with E-state index in [2.05, 4.69) is 4.98 Å². The second kappa shape index (κ2) is 9.61. The summed E-state index contributed by atoms with van der Waals surface area (Å²) in [5.41, 5.74) is 1.71. The zero-order valence-electron chi connectivity index (χ0n) is 13.3. The Morgan fingerprint density at radius 3 is 1.28 bits per heavy atom. The number of hydrogen-bond acceptors (Lipinski definition) is 1. The van der Waals surface area contributed by atoms with Gasteiger partial charge in [-0.2, -0.15) is 0 Å². The fraction of sp³-hybridized carbons (Fsp3) is 0. The molecule has 0 unspecified atom stereocenters. The van der Waals surface area contributed by atoms with Crippen LogP contribution in [0.2, 0.25) is 50.2 Å². The molecule has 1 heterocycles. The second-order valence-electron chi connectivity index (χ2n) is 5.45. The Labute approximate surface area is 229 Å². The molecule has 0 aliphatic carbocycles. The van der Waals surface area contributed by atoms with Crippen molar-refractivity contribution in [3.63, 3.8) is 0 Å². The molecule has 29 heavy (non-hydrogen) atoms. The predicted molar refractivity (Wildman–Crippen MR) is 138 cm³/mol. The number of halogens is 11. The summed E-state index contributed by atoms with van der Waals surface area (Å²) in [6.07, 6.45) is 1.54. The number of pyridine rings is 1. The van der Waals surface area contributed by atoms with Crippen LogP contribution < -0.4 is 0 Å². The maximum Gasteiger partial charge on any atom is 0.109 e. The van der Waals surface area contributed by atoms with Gasteiger partial charge in [-0.25, -0.2) is 4.98 Å². The molecule has 0 saturated carbocycles. The molecule has 0 saturated heterocycles. The minimum absolute atomic E-state index is 0.0492. The van der Waals surface area contributed by atoms with Gasteiger partial charge >= 0.3 is 0 Å². The van der Waals surface area contributed by atoms with E-state index in [9.17, 15) is 0 Å². The SMILES string of the molecule is Clc1c(Cl)c(Cl)c(-c2cnc(I)c(-c3c(Cl)c(Cl)c(Cl)c(Cl)c3Cl)c2)c(Cl)c1Cl. The van der Waals surface area contributed by atoms with Gasteiger partial charge in [-0.1, -0.05) is 116 Å². The predicted octanol–water partition coefficient (Wildman–Crippen LogP) is 11.6. The molecule has 12 heteroatoms. The molecule has 1 nitrogen and oxygen atoms in total. The van der Waals surface area contributed by atoms with E-state index in [1.165, 1.54) is 0 Å². The second-order valence-corrected chi connectivity index (χ2v) is 10.3. The summed E-state index contributed by atoms with van der Waals surface area (Å²) in [7, 11) is 0. The molecule has 0 amide bonds. The molecule has 0 N–H and O–H groups in total. The van der Waals surface area contributed by atoms with Crippen molar-refractivity contribution < 1.29 is 0 Å². The van der Waals surface area contributed by atoms with Crippen molar-refractivity contribution in [3.05, 3.63) is 66.2 Å². The van der Waals surface area contributed by atoms with Gasteiger partial charge in [0.2, 0.25) is 0 Å². The lowest BCUT2D eigenvalue weighted by Gasteiger charge is -2.16. The van der Waals surface area contributed by atoms with Crippen molar-refractivity contribution in [1.82, 2.24) is 4.98 Å². The standard InChI is InChI=1S/C17H2Cl10IN/c18-7-5(8(19)12(23)15(26)11(7)22)3-1-4(17(28)29-2-3)6-9(20)13(24)16(27)14(25)10(6)21/h1-2H. The molecule has 0 bridgehead atoms. The first-order valence-corrected chi connectivity index (χ1v) is 12.0. The lowest BCUT2D eigenvalue weighted by Crippen LogP contribution is -1.95. The smallest absolute Gasteiger partial charge is 0.109 e. The molecule has 3 rings (SSSR count). The Bertz CT molecular complexity index is 1120. The summed E-state index contributed by atoms with van der Waals surface area (Å²) < 4.78 is 0.558. The molecular formula is C17H2Cl10IN. The maximum atomic E-state index is 6.41. The fourth-order valence-corrected chi connectivity index (χ4v) is 5.72. The average molecular weight is 702 g/mol. The molecule has 152 valence electrons. The highest BCUT2D eigenvalue weighted by Gasteiger charge is 2.25. The molecular weight excluding hydrogens is 700 g/mol. The third kappa shape index (κ3) is 4.39. The van der Waals surface area contributed by atoms with Gasteiger partial charge in [0.25, 0.3) is 0 Å². The highest BCUT2D eigenvalue weighted by atomic mass is 127. The van der Waals surface area contributed by atoms with E-state index < -0.39 is 0 Å². The van der Waals surface area contributed by atoms with Gasteiger partial charge in [0.1, 0.15) is 3.70 Å². The van der Waals surface area contributed by atoms with Gasteiger partial charge in [-0.15, -0.1) is 0 Å². The van der Waals surface area contributed by atoms with Gasteiger partial charge in [0.15, 0.2) is 0 Å². The highest BCUT2D eigenvalue weighted by molar-refractivity contribution is 14.1. The monoisotopic (exact) mass is 697 g/mol. The Morgan fingerprint density at radius 2 is 0.862 bits per heavy atom. The lowest BCUT2D eigenvalue weighted by atomic mass is 10.0. The van der Waals surface area contributed by atoms with Crippen LogP contribution in [0.1, 0.15) is 0 Å². The van der Waals surface area contributed by atoms with Gasteiger partial charge in [-0.05, 0) is 28.7 Å². The van der Waals surface area contributed by atoms with Crippen molar-refractivity contribution >= 4 is 139 Å². The minimum atomic E-state index is 0.0492. The number of aromatic nitrogens is 1. The van der Waals surface area contributed by atoms with E-state index in [0.29, 0.717) is 26.0 Å². The largest absolute Gasteiger partial charge is 0.249 e. The molecule has 0 aliphatic rings. The van der Waals surface area contributed by atoms with E-state index in [1.54, 1.807) is 12.3 Å². The van der Waals surface area contributed by atoms with Crippen molar-refractivity contribution in [3.8, 4) is 22.3 Å². The normalized spacial score (nSPS) is 11.3. The zero-order valence-corrected chi connectivity index (χ0v) is 23.0. The molecule has 0 aliphatic heterocycles. The summed E-state index contributed by atoms with van der Waals surface area (Å²) in [6.45, 7) is 0. The van der Waals surface area contributed by atoms with Crippen molar-refractivity contribution in [1.29, 1.82) is 0 Å². The molecule has 0 atom stereocenters. The van der Waals surface area contributed by atoms with Crippen LogP contribution in [-0.2, 0) is 0 Å². The van der Waals surface area contributed by atoms with Crippen LogP contribution in [0.3, 0.4) is 0 Å². The first-order chi connectivity index (χ1) is 13.5. The Morgan fingerprint density at radius 1 is 0.517 bits per heavy atom. The number of hydrogen-bond donors (Lipinski definition) is 0. The molecule has 1 aromatic heterocycles. The van der Waals surface area contributed by atoms with Crippen LogP contribution in [0.4, 0.5) is 0 Å². The first kappa shape index (κ1) is 24.9. The third-order valence-corrected chi connectivity index (χ3v) is 9.23. The Balaban J connectivity index is 2.37. The maximum absolute atomic E-state index is 6.41. The summed E-state index contributed by atoms with van der Waals surface area (Å²) in [6, 6.07) is 1.70. The Hall–Kier alpha value is 1.22. The van der Waals surface area contributed by atoms with Crippen LogP contribution in [0.15, 0.2) is 12.3 Å². The third-order valence-electron chi connectivity index (χ3n) is 3.82. The quantitative estimate of drug-likeness (QED) is 0.112. The lowest BCUT2D eigenvalue weighted by molar-refractivity contribution is 1.27. The topological polar surface area (TPSA) is 12.9 Å². The Kier molecular flexibility index (Phi) is 8.23. The van der Waals surface area contributed by atoms with E-state index in [1.807, 2.05) is 22.6 Å². The van der Waals surface area contributed by atoms with Gasteiger partial charge in [0, 0.05) is 28.5 Å². The van der Waals surface area contributed by atoms with E-state index in [0.717, 1.165) is 0 Å². The van der Waals surface area contributed by atoms with Crippen molar-refractivity contribution in [2.45, 2.75) is 0 Å². The highest BCUT2D eigenvalue weighted by Crippen LogP contribution is 2.51. The number of benzene rings is 2. The van der Waals surface area contributed by atoms with Gasteiger partial charge in [-0.3, -0.25) is 0 Å². The average Bonchev–Trinajstić information content (AvgIpc) is 2.70. The van der Waals surface area contributed by atoms with Crippen molar-refractivity contribution in [2.24, 2.45) is 0 Å². The number of rotatable bonds is 2. The first-order valence-electron chi connectivity index (χ1n) is 7.18. The zero-order chi connectivity index (χ0) is 21.8. The van der Waals surface area contributed by atoms with Crippen LogP contribution in [-0.4, -0.2) is 4.98 Å².